The molecule has 2 aliphatic rings. The van der Waals surface area contributed by atoms with Crippen LogP contribution in [-0.2, 0) is 16.2 Å². The average Bonchev–Trinajstić information content (AvgIpc) is 3.55. The summed E-state index contributed by atoms with van der Waals surface area (Å²) in [5.41, 5.74) is 10.4. The number of aromatic nitrogens is 2. The zero-order valence-electron chi connectivity index (χ0n) is 30.0. The highest BCUT2D eigenvalue weighted by Crippen LogP contribution is 2.41. The van der Waals surface area contributed by atoms with Crippen molar-refractivity contribution in [1.82, 2.24) is 14.7 Å². The molecule has 0 radical (unpaired) electrons. The molecule has 0 fully saturated rings. The van der Waals surface area contributed by atoms with Crippen molar-refractivity contribution in [2.45, 2.75) is 98.6 Å². The molecule has 47 heavy (non-hydrogen) atoms. The molecule has 3 aromatic carbocycles. The van der Waals surface area contributed by atoms with Crippen LogP contribution in [0.25, 0.3) is 11.4 Å². The van der Waals surface area contributed by atoms with E-state index in [2.05, 4.69) is 170 Å². The normalized spacial score (nSPS) is 16.5. The van der Waals surface area contributed by atoms with Crippen molar-refractivity contribution in [2.75, 3.05) is 4.90 Å². The van der Waals surface area contributed by atoms with Crippen LogP contribution in [0.15, 0.2) is 97.4 Å². The van der Waals surface area contributed by atoms with Crippen LogP contribution in [0.3, 0.4) is 0 Å². The summed E-state index contributed by atoms with van der Waals surface area (Å²) in [7, 11) is 0. The fraction of sp³-hybridized carbons (Fsp3) is 0.357. The number of ether oxygens (including phenoxy) is 1. The summed E-state index contributed by atoms with van der Waals surface area (Å²) in [4.78, 5) is 4.75. The Morgan fingerprint density at radius 1 is 0.638 bits per heavy atom. The SMILES string of the molecule is Cc1cc(C)n(-c2cc(Oc3cccc(C4=CN(c5cc(C(C)(C)C)cc(C(C)(C)C)c5)C5C=CC=CN45)c3)cc(C(C)(C)C)c2)n1. The Morgan fingerprint density at radius 2 is 1.28 bits per heavy atom. The van der Waals surface area contributed by atoms with Gasteiger partial charge in [-0.25, -0.2) is 4.68 Å². The average molecular weight is 627 g/mol. The molecule has 0 bridgehead atoms. The second kappa shape index (κ2) is 11.6. The largest absolute Gasteiger partial charge is 0.457 e. The molecule has 5 heteroatoms. The molecule has 3 heterocycles. The van der Waals surface area contributed by atoms with E-state index in [0.29, 0.717) is 0 Å². The number of allylic oxidation sites excluding steroid dienone is 2. The van der Waals surface area contributed by atoms with Gasteiger partial charge in [0.2, 0.25) is 0 Å². The Morgan fingerprint density at radius 3 is 1.89 bits per heavy atom. The van der Waals surface area contributed by atoms with E-state index < -0.39 is 0 Å². The maximum absolute atomic E-state index is 6.64. The Balaban J connectivity index is 1.39. The van der Waals surface area contributed by atoms with E-state index in [0.717, 1.165) is 39.8 Å². The van der Waals surface area contributed by atoms with Crippen molar-refractivity contribution in [3.63, 3.8) is 0 Å². The van der Waals surface area contributed by atoms with Crippen LogP contribution in [0.2, 0.25) is 0 Å². The fourth-order valence-corrected chi connectivity index (χ4v) is 6.23. The van der Waals surface area contributed by atoms with Gasteiger partial charge in [0.1, 0.15) is 17.7 Å². The number of anilines is 1. The van der Waals surface area contributed by atoms with Crippen molar-refractivity contribution < 1.29 is 4.74 Å². The lowest BCUT2D eigenvalue weighted by Gasteiger charge is -2.33. The van der Waals surface area contributed by atoms with E-state index in [9.17, 15) is 0 Å². The highest BCUT2D eigenvalue weighted by atomic mass is 16.5. The van der Waals surface area contributed by atoms with Crippen molar-refractivity contribution in [3.8, 4) is 17.2 Å². The monoisotopic (exact) mass is 626 g/mol. The number of benzene rings is 3. The molecule has 0 N–H and O–H groups in total. The third kappa shape index (κ3) is 6.67. The first-order valence-corrected chi connectivity index (χ1v) is 16.7. The van der Waals surface area contributed by atoms with Gasteiger partial charge in [-0.1, -0.05) is 86.6 Å². The van der Waals surface area contributed by atoms with Crippen LogP contribution in [0.4, 0.5) is 5.69 Å². The van der Waals surface area contributed by atoms with E-state index in [1.807, 2.05) is 17.7 Å². The molecule has 1 unspecified atom stereocenters. The van der Waals surface area contributed by atoms with E-state index >= 15 is 0 Å². The summed E-state index contributed by atoms with van der Waals surface area (Å²) in [5.74, 6) is 1.59. The van der Waals surface area contributed by atoms with E-state index in [-0.39, 0.29) is 22.4 Å². The number of hydrogen-bond acceptors (Lipinski definition) is 4. The number of fused-ring (bicyclic) bond motifs is 1. The van der Waals surface area contributed by atoms with Crippen molar-refractivity contribution in [3.05, 3.63) is 131 Å². The molecule has 5 nitrogen and oxygen atoms in total. The molecular weight excluding hydrogens is 576 g/mol. The standard InChI is InChI=1S/C42H50N4O/c1-28-19-29(2)46(43-28)35-24-33(42(9,10)11)25-37(26-35)47-36-16-14-15-30(20-36)38-27-45(39-17-12-13-18-44(38)39)34-22-31(40(3,4)5)21-32(23-34)41(6,7)8/h12-27,39H,1-11H3. The second-order valence-electron chi connectivity index (χ2n) is 16.2. The number of aryl methyl sites for hydroxylation is 2. The lowest BCUT2D eigenvalue weighted by molar-refractivity contribution is 0.468. The molecule has 0 spiro atoms. The molecule has 0 saturated carbocycles. The second-order valence-corrected chi connectivity index (χ2v) is 16.2. The summed E-state index contributed by atoms with van der Waals surface area (Å²) in [6, 6.07) is 24.1. The lowest BCUT2D eigenvalue weighted by Crippen LogP contribution is -2.36. The topological polar surface area (TPSA) is 33.5 Å². The first-order valence-electron chi connectivity index (χ1n) is 16.7. The summed E-state index contributed by atoms with van der Waals surface area (Å²) in [6.45, 7) is 24.6. The number of hydrogen-bond donors (Lipinski definition) is 0. The van der Waals surface area contributed by atoms with Gasteiger partial charge in [0, 0.05) is 35.4 Å². The predicted molar refractivity (Wildman–Crippen MR) is 196 cm³/mol. The smallest absolute Gasteiger partial charge is 0.129 e. The Labute approximate surface area is 281 Å². The zero-order chi connectivity index (χ0) is 33.9. The summed E-state index contributed by atoms with van der Waals surface area (Å²) < 4.78 is 8.65. The Kier molecular flexibility index (Phi) is 8.02. The van der Waals surface area contributed by atoms with Crippen LogP contribution in [0.1, 0.15) is 96.0 Å². The van der Waals surface area contributed by atoms with Gasteiger partial charge in [0.25, 0.3) is 0 Å². The molecule has 1 aromatic heterocycles. The molecule has 2 aliphatic heterocycles. The number of rotatable bonds is 5. The fourth-order valence-electron chi connectivity index (χ4n) is 6.23. The Bertz CT molecular complexity index is 1870. The van der Waals surface area contributed by atoms with Gasteiger partial charge in [0.05, 0.1) is 17.1 Å². The van der Waals surface area contributed by atoms with Crippen LogP contribution in [0, 0.1) is 13.8 Å². The Hall–Kier alpha value is -4.51. The first-order chi connectivity index (χ1) is 22.0. The third-order valence-electron chi connectivity index (χ3n) is 9.08. The van der Waals surface area contributed by atoms with Crippen LogP contribution in [-0.4, -0.2) is 20.8 Å². The summed E-state index contributed by atoms with van der Waals surface area (Å²) in [5, 5.41) is 4.76. The van der Waals surface area contributed by atoms with E-state index in [4.69, 9.17) is 9.84 Å². The molecule has 0 aliphatic carbocycles. The van der Waals surface area contributed by atoms with Crippen LogP contribution >= 0.6 is 0 Å². The minimum Gasteiger partial charge on any atom is -0.457 e. The highest BCUT2D eigenvalue weighted by Gasteiger charge is 2.33. The zero-order valence-corrected chi connectivity index (χ0v) is 30.0. The van der Waals surface area contributed by atoms with Gasteiger partial charge in [-0.15, -0.1) is 0 Å². The van der Waals surface area contributed by atoms with E-state index in [1.54, 1.807) is 0 Å². The van der Waals surface area contributed by atoms with Crippen molar-refractivity contribution in [1.29, 1.82) is 0 Å². The van der Waals surface area contributed by atoms with Crippen molar-refractivity contribution >= 4 is 11.4 Å². The highest BCUT2D eigenvalue weighted by molar-refractivity contribution is 5.75. The van der Waals surface area contributed by atoms with Crippen LogP contribution < -0.4 is 9.64 Å². The molecule has 0 saturated heterocycles. The maximum atomic E-state index is 6.64. The molecule has 6 rings (SSSR count). The van der Waals surface area contributed by atoms with E-state index in [1.165, 1.54) is 22.4 Å². The van der Waals surface area contributed by atoms with Gasteiger partial charge in [0.15, 0.2) is 0 Å². The van der Waals surface area contributed by atoms with Gasteiger partial charge < -0.3 is 14.5 Å². The molecule has 0 amide bonds. The first kappa shape index (κ1) is 32.4. The quantitative estimate of drug-likeness (QED) is 0.221. The summed E-state index contributed by atoms with van der Waals surface area (Å²) >= 11 is 0. The molecule has 4 aromatic rings. The molecular formula is C42H50N4O. The molecule has 244 valence electrons. The summed E-state index contributed by atoms with van der Waals surface area (Å²) in [6.07, 6.45) is 11.0. The minimum atomic E-state index is -0.0511. The van der Waals surface area contributed by atoms with Gasteiger partial charge >= 0.3 is 0 Å². The minimum absolute atomic E-state index is 0.0367. The molecule has 1 atom stereocenters. The maximum Gasteiger partial charge on any atom is 0.129 e. The van der Waals surface area contributed by atoms with Gasteiger partial charge in [-0.3, -0.25) is 0 Å². The lowest BCUT2D eigenvalue weighted by atomic mass is 9.80. The predicted octanol–water partition coefficient (Wildman–Crippen LogP) is 10.7. The third-order valence-corrected chi connectivity index (χ3v) is 9.08. The number of nitrogens with zero attached hydrogens (tertiary/aromatic N) is 4. The van der Waals surface area contributed by atoms with Gasteiger partial charge in [-0.2, -0.15) is 5.10 Å². The van der Waals surface area contributed by atoms with Crippen molar-refractivity contribution in [2.24, 2.45) is 0 Å². The van der Waals surface area contributed by atoms with Crippen LogP contribution in [0.5, 0.6) is 11.5 Å². The van der Waals surface area contributed by atoms with Gasteiger partial charge in [-0.05, 0) is 101 Å².